The molecule has 4 rings (SSSR count). The molecule has 2 aromatic heterocycles. The maximum Gasteiger partial charge on any atom is 0.335 e. The van der Waals surface area contributed by atoms with Crippen LogP contribution in [0.2, 0.25) is 0 Å². The van der Waals surface area contributed by atoms with Crippen molar-refractivity contribution in [1.29, 1.82) is 0 Å². The number of aromatic carboxylic acids is 1. The highest BCUT2D eigenvalue weighted by Crippen LogP contribution is 2.40. The lowest BCUT2D eigenvalue weighted by molar-refractivity contribution is -0.144. The second-order valence-corrected chi connectivity index (χ2v) is 7.20. The number of carbonyl (C=O) groups excluding carboxylic acids is 2. The summed E-state index contributed by atoms with van der Waals surface area (Å²) in [5.41, 5.74) is 2.24. The van der Waals surface area contributed by atoms with Crippen LogP contribution in [0.4, 0.5) is 5.82 Å². The fraction of sp³-hybridized carbons (Fsp3) is 0.273. The zero-order chi connectivity index (χ0) is 22.1. The van der Waals surface area contributed by atoms with Crippen molar-refractivity contribution in [3.8, 4) is 11.3 Å². The highest BCUT2D eigenvalue weighted by molar-refractivity contribution is 5.95. The van der Waals surface area contributed by atoms with Gasteiger partial charge in [-0.2, -0.15) is 5.10 Å². The number of nitrogens with zero attached hydrogens (tertiary/aromatic N) is 2. The quantitative estimate of drug-likeness (QED) is 0.584. The zero-order valence-electron chi connectivity index (χ0n) is 17.0. The molecule has 0 fully saturated rings. The number of aromatic nitrogens is 2. The number of fused-ring (bicyclic) bond motifs is 1. The van der Waals surface area contributed by atoms with Gasteiger partial charge in [0.15, 0.2) is 0 Å². The second kappa shape index (κ2) is 8.10. The van der Waals surface area contributed by atoms with E-state index in [4.69, 9.17) is 9.15 Å². The molecular weight excluding hydrogens is 402 g/mol. The molecule has 0 radical (unpaired) electrons. The van der Waals surface area contributed by atoms with Crippen molar-refractivity contribution in [1.82, 2.24) is 9.78 Å². The maximum atomic E-state index is 12.4. The summed E-state index contributed by atoms with van der Waals surface area (Å²) in [6.45, 7) is 3.68. The number of carbonyl (C=O) groups is 3. The molecule has 2 N–H and O–H groups in total. The Kier molecular flexibility index (Phi) is 5.33. The Morgan fingerprint density at radius 3 is 2.87 bits per heavy atom. The van der Waals surface area contributed by atoms with E-state index in [-0.39, 0.29) is 37.0 Å². The Morgan fingerprint density at radius 1 is 1.32 bits per heavy atom. The average molecular weight is 423 g/mol. The number of rotatable bonds is 6. The summed E-state index contributed by atoms with van der Waals surface area (Å²) in [7, 11) is 0. The first-order chi connectivity index (χ1) is 14.9. The average Bonchev–Trinajstić information content (AvgIpc) is 3.33. The van der Waals surface area contributed by atoms with E-state index in [1.54, 1.807) is 31.2 Å². The molecule has 0 spiro atoms. The summed E-state index contributed by atoms with van der Waals surface area (Å²) in [6, 6.07) is 9.98. The molecule has 3 heterocycles. The number of aryl methyl sites for hydroxylation is 1. The van der Waals surface area contributed by atoms with Gasteiger partial charge in [0, 0.05) is 17.5 Å². The normalized spacial score (nSPS) is 15.3. The van der Waals surface area contributed by atoms with Crippen molar-refractivity contribution in [3.05, 3.63) is 59.0 Å². The summed E-state index contributed by atoms with van der Waals surface area (Å²) in [5, 5.41) is 16.4. The van der Waals surface area contributed by atoms with Crippen molar-refractivity contribution in [2.75, 3.05) is 11.9 Å². The molecule has 0 saturated carbocycles. The summed E-state index contributed by atoms with van der Waals surface area (Å²) in [6.07, 6.45) is 0.168. The van der Waals surface area contributed by atoms with Crippen LogP contribution in [-0.2, 0) is 20.9 Å². The van der Waals surface area contributed by atoms with E-state index in [0.29, 0.717) is 28.6 Å². The SMILES string of the molecule is CCOC(=O)Cn1nc(C)c2c1NC(=O)C[C@H]2c1ccc(-c2cccc(C(=O)O)c2)o1. The molecule has 1 atom stereocenters. The first-order valence-electron chi connectivity index (χ1n) is 9.83. The Morgan fingerprint density at radius 2 is 2.13 bits per heavy atom. The Balaban J connectivity index is 1.69. The number of ether oxygens (including phenoxy) is 1. The largest absolute Gasteiger partial charge is 0.478 e. The standard InChI is InChI=1S/C22H21N3O6/c1-3-30-19(27)11-25-21-20(12(2)24-25)15(10-18(26)23-21)17-8-7-16(31-17)13-5-4-6-14(9-13)22(28)29/h4-9,15H,3,10-11H2,1-2H3,(H,23,26)(H,28,29)/t15-/m0/s1. The third-order valence-electron chi connectivity index (χ3n) is 5.12. The molecule has 1 aliphatic rings. The topological polar surface area (TPSA) is 124 Å². The number of furan rings is 1. The van der Waals surface area contributed by atoms with E-state index in [1.165, 1.54) is 16.8 Å². The van der Waals surface area contributed by atoms with Gasteiger partial charge in [-0.3, -0.25) is 9.59 Å². The number of hydrogen-bond donors (Lipinski definition) is 2. The van der Waals surface area contributed by atoms with E-state index in [2.05, 4.69) is 10.4 Å². The molecule has 9 heteroatoms. The predicted octanol–water partition coefficient (Wildman–Crippen LogP) is 3.19. The zero-order valence-corrected chi connectivity index (χ0v) is 17.0. The van der Waals surface area contributed by atoms with Crippen LogP contribution in [-0.4, -0.2) is 39.3 Å². The van der Waals surface area contributed by atoms with Gasteiger partial charge in [-0.05, 0) is 38.1 Å². The summed E-state index contributed by atoms with van der Waals surface area (Å²) < 4.78 is 12.5. The third kappa shape index (κ3) is 3.94. The van der Waals surface area contributed by atoms with Gasteiger partial charge in [-0.15, -0.1) is 0 Å². The Bertz CT molecular complexity index is 1180. The van der Waals surface area contributed by atoms with Crippen molar-refractivity contribution < 1.29 is 28.6 Å². The van der Waals surface area contributed by atoms with Crippen LogP contribution < -0.4 is 5.32 Å². The van der Waals surface area contributed by atoms with Crippen molar-refractivity contribution in [3.63, 3.8) is 0 Å². The predicted molar refractivity (Wildman–Crippen MR) is 110 cm³/mol. The van der Waals surface area contributed by atoms with E-state index in [0.717, 1.165) is 5.56 Å². The molecule has 1 aliphatic heterocycles. The van der Waals surface area contributed by atoms with Crippen molar-refractivity contribution in [2.24, 2.45) is 0 Å². The molecular formula is C22H21N3O6. The monoisotopic (exact) mass is 423 g/mol. The van der Waals surface area contributed by atoms with E-state index < -0.39 is 11.9 Å². The van der Waals surface area contributed by atoms with Crippen LogP contribution in [0.3, 0.4) is 0 Å². The van der Waals surface area contributed by atoms with Gasteiger partial charge in [-0.1, -0.05) is 12.1 Å². The number of carboxylic acids is 1. The van der Waals surface area contributed by atoms with Crippen LogP contribution in [0.5, 0.6) is 0 Å². The Hall–Kier alpha value is -3.88. The van der Waals surface area contributed by atoms with Gasteiger partial charge >= 0.3 is 11.9 Å². The van der Waals surface area contributed by atoms with E-state index in [1.807, 2.05) is 6.92 Å². The number of esters is 1. The molecule has 0 unspecified atom stereocenters. The van der Waals surface area contributed by atoms with Gasteiger partial charge < -0.3 is 19.6 Å². The highest BCUT2D eigenvalue weighted by atomic mass is 16.5. The van der Waals surface area contributed by atoms with Crippen LogP contribution in [0.25, 0.3) is 11.3 Å². The molecule has 31 heavy (non-hydrogen) atoms. The minimum absolute atomic E-state index is 0.109. The molecule has 1 aromatic carbocycles. The molecule has 9 nitrogen and oxygen atoms in total. The minimum Gasteiger partial charge on any atom is -0.478 e. The van der Waals surface area contributed by atoms with Crippen LogP contribution in [0, 0.1) is 6.92 Å². The fourth-order valence-corrected chi connectivity index (χ4v) is 3.80. The first-order valence-corrected chi connectivity index (χ1v) is 9.83. The fourth-order valence-electron chi connectivity index (χ4n) is 3.80. The Labute approximate surface area is 177 Å². The number of amides is 1. The van der Waals surface area contributed by atoms with Crippen LogP contribution in [0.15, 0.2) is 40.8 Å². The van der Waals surface area contributed by atoms with Crippen LogP contribution >= 0.6 is 0 Å². The molecule has 0 bridgehead atoms. The lowest BCUT2D eigenvalue weighted by atomic mass is 9.90. The number of carboxylic acid groups (broad SMARTS) is 1. The van der Waals surface area contributed by atoms with Crippen molar-refractivity contribution in [2.45, 2.75) is 32.7 Å². The lowest BCUT2D eigenvalue weighted by Gasteiger charge is -2.22. The smallest absolute Gasteiger partial charge is 0.335 e. The van der Waals surface area contributed by atoms with Gasteiger partial charge in [0.2, 0.25) is 5.91 Å². The summed E-state index contributed by atoms with van der Waals surface area (Å²) in [4.78, 5) is 35.6. The number of anilines is 1. The minimum atomic E-state index is -1.02. The highest BCUT2D eigenvalue weighted by Gasteiger charge is 2.34. The van der Waals surface area contributed by atoms with Gasteiger partial charge in [0.25, 0.3) is 0 Å². The van der Waals surface area contributed by atoms with Gasteiger partial charge in [-0.25, -0.2) is 9.48 Å². The summed E-state index contributed by atoms with van der Waals surface area (Å²) >= 11 is 0. The van der Waals surface area contributed by atoms with E-state index in [9.17, 15) is 19.5 Å². The molecule has 0 saturated heterocycles. The van der Waals surface area contributed by atoms with Crippen LogP contribution in [0.1, 0.15) is 46.6 Å². The lowest BCUT2D eigenvalue weighted by Crippen LogP contribution is -2.26. The summed E-state index contributed by atoms with van der Waals surface area (Å²) in [5.74, 6) is -0.537. The molecule has 0 aliphatic carbocycles. The molecule has 3 aromatic rings. The molecule has 1 amide bonds. The maximum absolute atomic E-state index is 12.4. The first kappa shape index (κ1) is 20.4. The number of hydrogen-bond acceptors (Lipinski definition) is 6. The second-order valence-electron chi connectivity index (χ2n) is 7.20. The number of nitrogens with one attached hydrogen (secondary N) is 1. The van der Waals surface area contributed by atoms with Crippen molar-refractivity contribution >= 4 is 23.7 Å². The molecule has 160 valence electrons. The number of benzene rings is 1. The third-order valence-corrected chi connectivity index (χ3v) is 5.12. The van der Waals surface area contributed by atoms with Gasteiger partial charge in [0.1, 0.15) is 23.9 Å². The van der Waals surface area contributed by atoms with E-state index >= 15 is 0 Å². The van der Waals surface area contributed by atoms with Gasteiger partial charge in [0.05, 0.1) is 23.8 Å².